The lowest BCUT2D eigenvalue weighted by atomic mass is 10.3. The number of nitro groups is 1. The van der Waals surface area contributed by atoms with E-state index < -0.39 is 4.92 Å². The fourth-order valence-electron chi connectivity index (χ4n) is 1.14. The highest BCUT2D eigenvalue weighted by Gasteiger charge is 2.16. The third-order valence-corrected chi connectivity index (χ3v) is 2.70. The highest BCUT2D eigenvalue weighted by molar-refractivity contribution is 7.13. The quantitative estimate of drug-likeness (QED) is 0.627. The van der Waals surface area contributed by atoms with Crippen LogP contribution in [0, 0.1) is 10.1 Å². The Morgan fingerprint density at radius 2 is 2.44 bits per heavy atom. The second-order valence-electron chi connectivity index (χ2n) is 3.26. The standard InChI is InChI=1S/C9H12N2O4S/c1-6(4-15-2)10-9(12)7-3-8(11(13)14)16-5-7/h3,5-6H,4H2,1-2H3,(H,10,12)/t6-/m1/s1. The summed E-state index contributed by atoms with van der Waals surface area (Å²) >= 11 is 0.935. The van der Waals surface area contributed by atoms with Gasteiger partial charge in [0.05, 0.1) is 17.1 Å². The molecule has 0 fully saturated rings. The van der Waals surface area contributed by atoms with Crippen LogP contribution >= 0.6 is 11.3 Å². The SMILES string of the molecule is COC[C@@H](C)NC(=O)c1csc([N+](=O)[O-])c1. The third-order valence-electron chi connectivity index (χ3n) is 1.82. The van der Waals surface area contributed by atoms with Gasteiger partial charge >= 0.3 is 5.00 Å². The van der Waals surface area contributed by atoms with Crippen LogP contribution in [0.3, 0.4) is 0 Å². The minimum Gasteiger partial charge on any atom is -0.383 e. The number of hydrogen-bond acceptors (Lipinski definition) is 5. The maximum atomic E-state index is 11.6. The van der Waals surface area contributed by atoms with Crippen LogP contribution in [0.1, 0.15) is 17.3 Å². The molecule has 1 atom stereocenters. The van der Waals surface area contributed by atoms with Gasteiger partial charge in [-0.15, -0.1) is 0 Å². The summed E-state index contributed by atoms with van der Waals surface area (Å²) in [6.45, 7) is 2.19. The first-order valence-corrected chi connectivity index (χ1v) is 5.45. The second-order valence-corrected chi connectivity index (χ2v) is 4.15. The fourth-order valence-corrected chi connectivity index (χ4v) is 1.84. The first kappa shape index (κ1) is 12.6. The van der Waals surface area contributed by atoms with Gasteiger partial charge in [-0.2, -0.15) is 0 Å². The molecule has 0 aliphatic rings. The fraction of sp³-hybridized carbons (Fsp3) is 0.444. The number of thiophene rings is 1. The van der Waals surface area contributed by atoms with Gasteiger partial charge in [-0.3, -0.25) is 14.9 Å². The zero-order chi connectivity index (χ0) is 12.1. The predicted octanol–water partition coefficient (Wildman–Crippen LogP) is 1.42. The Kier molecular flexibility index (Phi) is 4.39. The van der Waals surface area contributed by atoms with Gasteiger partial charge in [-0.25, -0.2) is 0 Å². The van der Waals surface area contributed by atoms with Crippen LogP contribution in [0.5, 0.6) is 0 Å². The number of nitrogens with one attached hydrogen (secondary N) is 1. The summed E-state index contributed by atoms with van der Waals surface area (Å²) in [6, 6.07) is 1.14. The van der Waals surface area contributed by atoms with Crippen molar-refractivity contribution in [1.29, 1.82) is 0 Å². The molecule has 0 unspecified atom stereocenters. The molecule has 0 bridgehead atoms. The molecule has 0 spiro atoms. The van der Waals surface area contributed by atoms with Crippen LogP contribution in [0.2, 0.25) is 0 Å². The normalized spacial score (nSPS) is 12.1. The molecule has 0 aliphatic heterocycles. The van der Waals surface area contributed by atoms with Crippen molar-refractivity contribution in [2.45, 2.75) is 13.0 Å². The van der Waals surface area contributed by atoms with E-state index in [1.807, 2.05) is 0 Å². The minimum atomic E-state index is -0.514. The van der Waals surface area contributed by atoms with E-state index in [4.69, 9.17) is 4.74 Å². The zero-order valence-electron chi connectivity index (χ0n) is 8.93. The number of ether oxygens (including phenoxy) is 1. The molecule has 88 valence electrons. The molecular formula is C9H12N2O4S. The molecule has 0 aromatic carbocycles. The topological polar surface area (TPSA) is 81.5 Å². The van der Waals surface area contributed by atoms with Gasteiger partial charge in [0.25, 0.3) is 5.91 Å². The van der Waals surface area contributed by atoms with Gasteiger partial charge in [-0.05, 0) is 6.92 Å². The van der Waals surface area contributed by atoms with E-state index in [0.717, 1.165) is 11.3 Å². The van der Waals surface area contributed by atoms with Crippen molar-refractivity contribution < 1.29 is 14.5 Å². The molecule has 0 saturated heterocycles. The van der Waals surface area contributed by atoms with E-state index in [1.54, 1.807) is 6.92 Å². The Morgan fingerprint density at radius 1 is 1.75 bits per heavy atom. The molecule has 1 amide bonds. The number of amides is 1. The van der Waals surface area contributed by atoms with Gasteiger partial charge < -0.3 is 10.1 Å². The predicted molar refractivity (Wildman–Crippen MR) is 59.8 cm³/mol. The lowest BCUT2D eigenvalue weighted by molar-refractivity contribution is -0.380. The van der Waals surface area contributed by atoms with E-state index in [9.17, 15) is 14.9 Å². The molecule has 1 N–H and O–H groups in total. The number of hydrogen-bond donors (Lipinski definition) is 1. The first-order valence-electron chi connectivity index (χ1n) is 4.57. The van der Waals surface area contributed by atoms with Crippen molar-refractivity contribution in [2.24, 2.45) is 0 Å². The molecular weight excluding hydrogens is 232 g/mol. The first-order chi connectivity index (χ1) is 7.54. The van der Waals surface area contributed by atoms with Crippen LogP contribution in [0.15, 0.2) is 11.4 Å². The molecule has 16 heavy (non-hydrogen) atoms. The zero-order valence-corrected chi connectivity index (χ0v) is 9.74. The Balaban J connectivity index is 2.62. The summed E-state index contributed by atoms with van der Waals surface area (Å²) in [5.41, 5.74) is 0.305. The minimum absolute atomic E-state index is 0.0375. The van der Waals surface area contributed by atoms with E-state index in [0.29, 0.717) is 12.2 Å². The van der Waals surface area contributed by atoms with Crippen molar-refractivity contribution in [2.75, 3.05) is 13.7 Å². The maximum Gasteiger partial charge on any atom is 0.324 e. The second kappa shape index (κ2) is 5.57. The number of rotatable bonds is 5. The van der Waals surface area contributed by atoms with Gasteiger partial charge in [0.1, 0.15) is 0 Å². The molecule has 7 heteroatoms. The maximum absolute atomic E-state index is 11.6. The van der Waals surface area contributed by atoms with Crippen LogP contribution < -0.4 is 5.32 Å². The number of nitrogens with zero attached hydrogens (tertiary/aromatic N) is 1. The molecule has 1 rings (SSSR count). The number of carbonyl (C=O) groups is 1. The monoisotopic (exact) mass is 244 g/mol. The average molecular weight is 244 g/mol. The number of methoxy groups -OCH3 is 1. The summed E-state index contributed by atoms with van der Waals surface area (Å²) in [6.07, 6.45) is 0. The summed E-state index contributed by atoms with van der Waals surface area (Å²) in [5, 5.41) is 14.5. The van der Waals surface area contributed by atoms with Crippen molar-refractivity contribution in [3.05, 3.63) is 27.1 Å². The van der Waals surface area contributed by atoms with E-state index >= 15 is 0 Å². The molecule has 0 aliphatic carbocycles. The van der Waals surface area contributed by atoms with Crippen LogP contribution in [-0.2, 0) is 4.74 Å². The Hall–Kier alpha value is -1.47. The third kappa shape index (κ3) is 3.28. The van der Waals surface area contributed by atoms with E-state index in [1.165, 1.54) is 18.6 Å². The Bertz CT molecular complexity index is 391. The summed E-state index contributed by atoms with van der Waals surface area (Å²) in [4.78, 5) is 21.5. The van der Waals surface area contributed by atoms with Crippen LogP contribution in [-0.4, -0.2) is 30.6 Å². The van der Waals surface area contributed by atoms with Gasteiger partial charge in [0.15, 0.2) is 0 Å². The van der Waals surface area contributed by atoms with Crippen molar-refractivity contribution in [3.8, 4) is 0 Å². The Labute approximate surface area is 96.4 Å². The molecule has 0 saturated carbocycles. The molecule has 1 aromatic rings. The lowest BCUT2D eigenvalue weighted by Gasteiger charge is -2.11. The summed E-state index contributed by atoms with van der Waals surface area (Å²) in [7, 11) is 1.54. The molecule has 0 radical (unpaired) electrons. The van der Waals surface area contributed by atoms with Gasteiger partial charge in [0.2, 0.25) is 0 Å². The smallest absolute Gasteiger partial charge is 0.324 e. The highest BCUT2D eigenvalue weighted by atomic mass is 32.1. The van der Waals surface area contributed by atoms with Gasteiger partial charge in [-0.1, -0.05) is 11.3 Å². The molecule has 1 heterocycles. The molecule has 6 nitrogen and oxygen atoms in total. The van der Waals surface area contributed by atoms with E-state index in [-0.39, 0.29) is 17.0 Å². The number of carbonyl (C=O) groups excluding carboxylic acids is 1. The highest BCUT2D eigenvalue weighted by Crippen LogP contribution is 2.22. The van der Waals surface area contributed by atoms with Crippen LogP contribution in [0.4, 0.5) is 5.00 Å². The van der Waals surface area contributed by atoms with Crippen molar-refractivity contribution in [3.63, 3.8) is 0 Å². The lowest BCUT2D eigenvalue weighted by Crippen LogP contribution is -2.35. The van der Waals surface area contributed by atoms with Crippen molar-refractivity contribution >= 4 is 22.2 Å². The summed E-state index contributed by atoms with van der Waals surface area (Å²) in [5.74, 6) is -0.325. The Morgan fingerprint density at radius 3 is 2.94 bits per heavy atom. The summed E-state index contributed by atoms with van der Waals surface area (Å²) < 4.78 is 4.86. The molecule has 1 aromatic heterocycles. The average Bonchev–Trinajstić information content (AvgIpc) is 2.66. The van der Waals surface area contributed by atoms with Crippen LogP contribution in [0.25, 0.3) is 0 Å². The van der Waals surface area contributed by atoms with Gasteiger partial charge in [0, 0.05) is 24.6 Å². The van der Waals surface area contributed by atoms with E-state index in [2.05, 4.69) is 5.32 Å². The van der Waals surface area contributed by atoms with Crippen molar-refractivity contribution in [1.82, 2.24) is 5.32 Å². The largest absolute Gasteiger partial charge is 0.383 e.